The third-order valence-electron chi connectivity index (χ3n) is 1.93. The number of hydrogen-bond donors (Lipinski definition) is 0. The molecule has 72 valence electrons. The molecule has 1 nitrogen and oxygen atoms in total. The summed E-state index contributed by atoms with van der Waals surface area (Å²) in [5, 5.41) is 0.720. The summed E-state index contributed by atoms with van der Waals surface area (Å²) in [5.74, 6) is 0. The molecule has 0 saturated heterocycles. The van der Waals surface area contributed by atoms with Crippen LogP contribution in [0.5, 0.6) is 0 Å². The summed E-state index contributed by atoms with van der Waals surface area (Å²) < 4.78 is 25.9. The van der Waals surface area contributed by atoms with Crippen LogP contribution in [0, 0.1) is 0 Å². The molecule has 0 fully saturated rings. The molecule has 0 radical (unpaired) electrons. The number of pyridine rings is 1. The minimum absolute atomic E-state index is 0.0324. The summed E-state index contributed by atoms with van der Waals surface area (Å²) >= 11 is 3.19. The smallest absolute Gasteiger partial charge is 0.256 e. The minimum Gasteiger partial charge on any atom is -0.256 e. The van der Waals surface area contributed by atoms with E-state index in [9.17, 15) is 8.78 Å². The van der Waals surface area contributed by atoms with Gasteiger partial charge in [0.15, 0.2) is 0 Å². The number of hydrogen-bond acceptors (Lipinski definition) is 1. The SMILES string of the molecule is FC(F)c1cc(Br)cc2cccnc12. The van der Waals surface area contributed by atoms with Crippen LogP contribution >= 0.6 is 15.9 Å². The van der Waals surface area contributed by atoms with Crippen molar-refractivity contribution in [2.75, 3.05) is 0 Å². The molecule has 0 spiro atoms. The molecule has 1 heterocycles. The maximum atomic E-state index is 12.6. The Kier molecular flexibility index (Phi) is 2.46. The third kappa shape index (κ3) is 1.62. The van der Waals surface area contributed by atoms with E-state index >= 15 is 0 Å². The molecule has 0 aliphatic rings. The molecule has 1 aromatic heterocycles. The molecule has 14 heavy (non-hydrogen) atoms. The molecule has 2 aromatic rings. The maximum absolute atomic E-state index is 12.6. The van der Waals surface area contributed by atoms with Gasteiger partial charge in [0.25, 0.3) is 6.43 Å². The molecule has 4 heteroatoms. The maximum Gasteiger partial charge on any atom is 0.265 e. The van der Waals surface area contributed by atoms with Gasteiger partial charge in [-0.05, 0) is 18.2 Å². The Bertz CT molecular complexity index is 471. The zero-order chi connectivity index (χ0) is 10.1. The second kappa shape index (κ2) is 3.61. The van der Waals surface area contributed by atoms with Crippen LogP contribution < -0.4 is 0 Å². The Labute approximate surface area is 87.9 Å². The van der Waals surface area contributed by atoms with E-state index in [1.165, 1.54) is 12.3 Å². The molecular formula is C10H6BrF2N. The quantitative estimate of drug-likeness (QED) is 0.755. The standard InChI is InChI=1S/C10H6BrF2N/c11-7-4-6-2-1-3-14-9(6)8(5-7)10(12)13/h1-5,10H. The molecular weight excluding hydrogens is 252 g/mol. The zero-order valence-electron chi connectivity index (χ0n) is 7.05. The summed E-state index contributed by atoms with van der Waals surface area (Å²) in [6.07, 6.45) is -0.979. The second-order valence-electron chi connectivity index (χ2n) is 2.87. The molecule has 0 bridgehead atoms. The first-order valence-electron chi connectivity index (χ1n) is 4.01. The van der Waals surface area contributed by atoms with Crippen LogP contribution in [0.1, 0.15) is 12.0 Å². The lowest BCUT2D eigenvalue weighted by molar-refractivity contribution is 0.153. The van der Waals surface area contributed by atoms with Crippen LogP contribution in [0.3, 0.4) is 0 Å². The Balaban J connectivity index is 2.80. The molecule has 0 unspecified atom stereocenters. The molecule has 0 atom stereocenters. The number of nitrogens with zero attached hydrogens (tertiary/aromatic N) is 1. The van der Waals surface area contributed by atoms with Gasteiger partial charge in [-0.25, -0.2) is 8.78 Å². The molecule has 0 N–H and O–H groups in total. The Morgan fingerprint density at radius 1 is 1.29 bits per heavy atom. The van der Waals surface area contributed by atoms with E-state index in [1.807, 2.05) is 0 Å². The Morgan fingerprint density at radius 3 is 2.79 bits per heavy atom. The van der Waals surface area contributed by atoms with Gasteiger partial charge >= 0.3 is 0 Å². The highest BCUT2D eigenvalue weighted by Crippen LogP contribution is 2.29. The average molecular weight is 258 g/mol. The Hall–Kier alpha value is -1.03. The van der Waals surface area contributed by atoms with Gasteiger partial charge in [0.1, 0.15) is 0 Å². The molecule has 0 amide bonds. The topological polar surface area (TPSA) is 12.9 Å². The lowest BCUT2D eigenvalue weighted by Gasteiger charge is -2.05. The van der Waals surface area contributed by atoms with Crippen molar-refractivity contribution in [3.05, 3.63) is 40.5 Å². The van der Waals surface area contributed by atoms with Crippen LogP contribution in [0.4, 0.5) is 8.78 Å². The highest BCUT2D eigenvalue weighted by molar-refractivity contribution is 9.10. The van der Waals surface area contributed by atoms with Crippen LogP contribution in [-0.2, 0) is 0 Å². The number of halogens is 3. The summed E-state index contributed by atoms with van der Waals surface area (Å²) in [7, 11) is 0. The van der Waals surface area contributed by atoms with Gasteiger partial charge in [-0.15, -0.1) is 0 Å². The van der Waals surface area contributed by atoms with Gasteiger partial charge in [-0.2, -0.15) is 0 Å². The van der Waals surface area contributed by atoms with Crippen LogP contribution in [0.2, 0.25) is 0 Å². The fraction of sp³-hybridized carbons (Fsp3) is 0.100. The van der Waals surface area contributed by atoms with E-state index in [1.54, 1.807) is 18.2 Å². The number of fused-ring (bicyclic) bond motifs is 1. The van der Waals surface area contributed by atoms with Gasteiger partial charge in [-0.1, -0.05) is 22.0 Å². The van der Waals surface area contributed by atoms with Gasteiger partial charge < -0.3 is 0 Å². The zero-order valence-corrected chi connectivity index (χ0v) is 8.63. The second-order valence-corrected chi connectivity index (χ2v) is 3.79. The van der Waals surface area contributed by atoms with E-state index in [-0.39, 0.29) is 5.56 Å². The fourth-order valence-electron chi connectivity index (χ4n) is 1.35. The predicted molar refractivity (Wildman–Crippen MR) is 54.4 cm³/mol. The van der Waals surface area contributed by atoms with Crippen molar-refractivity contribution in [2.24, 2.45) is 0 Å². The lowest BCUT2D eigenvalue weighted by Crippen LogP contribution is -1.89. The summed E-state index contributed by atoms with van der Waals surface area (Å²) in [6, 6.07) is 6.66. The normalized spacial score (nSPS) is 11.1. The molecule has 0 aliphatic carbocycles. The predicted octanol–water partition coefficient (Wildman–Crippen LogP) is 3.93. The van der Waals surface area contributed by atoms with Crippen molar-refractivity contribution >= 4 is 26.8 Å². The highest BCUT2D eigenvalue weighted by Gasteiger charge is 2.13. The van der Waals surface area contributed by atoms with E-state index in [2.05, 4.69) is 20.9 Å². The van der Waals surface area contributed by atoms with Crippen molar-refractivity contribution in [1.29, 1.82) is 0 Å². The van der Waals surface area contributed by atoms with Gasteiger partial charge in [-0.3, -0.25) is 4.98 Å². The van der Waals surface area contributed by atoms with E-state index in [0.29, 0.717) is 9.99 Å². The first-order chi connectivity index (χ1) is 6.68. The summed E-state index contributed by atoms with van der Waals surface area (Å²) in [6.45, 7) is 0. The van der Waals surface area contributed by atoms with Crippen LogP contribution in [0.25, 0.3) is 10.9 Å². The largest absolute Gasteiger partial charge is 0.265 e. The highest BCUT2D eigenvalue weighted by atomic mass is 79.9. The average Bonchev–Trinajstić information content (AvgIpc) is 2.16. The van der Waals surface area contributed by atoms with Crippen molar-refractivity contribution in [2.45, 2.75) is 6.43 Å². The van der Waals surface area contributed by atoms with Crippen molar-refractivity contribution in [1.82, 2.24) is 4.98 Å². The monoisotopic (exact) mass is 257 g/mol. The number of alkyl halides is 2. The number of rotatable bonds is 1. The Morgan fingerprint density at radius 2 is 2.07 bits per heavy atom. The van der Waals surface area contributed by atoms with Gasteiger partial charge in [0.2, 0.25) is 0 Å². The minimum atomic E-state index is -2.50. The summed E-state index contributed by atoms with van der Waals surface area (Å²) in [5.41, 5.74) is 0.334. The van der Waals surface area contributed by atoms with Gasteiger partial charge in [0, 0.05) is 21.6 Å². The van der Waals surface area contributed by atoms with Crippen molar-refractivity contribution in [3.63, 3.8) is 0 Å². The van der Waals surface area contributed by atoms with Crippen LogP contribution in [0.15, 0.2) is 34.9 Å². The van der Waals surface area contributed by atoms with E-state index < -0.39 is 6.43 Å². The van der Waals surface area contributed by atoms with Crippen molar-refractivity contribution in [3.8, 4) is 0 Å². The summed E-state index contributed by atoms with van der Waals surface area (Å²) in [4.78, 5) is 3.94. The molecule has 0 aliphatic heterocycles. The molecule has 0 saturated carbocycles. The third-order valence-corrected chi connectivity index (χ3v) is 2.39. The first kappa shape index (κ1) is 9.52. The van der Waals surface area contributed by atoms with E-state index in [4.69, 9.17) is 0 Å². The van der Waals surface area contributed by atoms with E-state index in [0.717, 1.165) is 5.39 Å². The van der Waals surface area contributed by atoms with Crippen molar-refractivity contribution < 1.29 is 8.78 Å². The van der Waals surface area contributed by atoms with Crippen LogP contribution in [-0.4, -0.2) is 4.98 Å². The fourth-order valence-corrected chi connectivity index (χ4v) is 1.84. The number of aromatic nitrogens is 1. The molecule has 1 aromatic carbocycles. The number of benzene rings is 1. The molecule has 2 rings (SSSR count). The first-order valence-corrected chi connectivity index (χ1v) is 4.80. The lowest BCUT2D eigenvalue weighted by atomic mass is 10.1. The van der Waals surface area contributed by atoms with Gasteiger partial charge in [0.05, 0.1) is 5.52 Å².